The van der Waals surface area contributed by atoms with Gasteiger partial charge in [0.2, 0.25) is 0 Å². The number of aryl methyl sites for hydroxylation is 1. The van der Waals surface area contributed by atoms with Crippen molar-refractivity contribution in [2.45, 2.75) is 32.1 Å². The molecule has 0 spiro atoms. The molecule has 1 aromatic heterocycles. The topological polar surface area (TPSA) is 39.1 Å². The first-order valence-corrected chi connectivity index (χ1v) is 7.56. The molecule has 1 atom stereocenters. The van der Waals surface area contributed by atoms with Crippen molar-refractivity contribution in [3.8, 4) is 5.75 Å². The molecule has 0 radical (unpaired) electrons. The molecule has 0 aliphatic carbocycles. The number of hydrogen-bond acceptors (Lipinski definition) is 3. The molecular formula is C16H18F3N3O. The van der Waals surface area contributed by atoms with Crippen molar-refractivity contribution >= 4 is 0 Å². The van der Waals surface area contributed by atoms with Gasteiger partial charge in [-0.05, 0) is 24.6 Å². The molecule has 124 valence electrons. The second-order valence-electron chi connectivity index (χ2n) is 5.47. The first kappa shape index (κ1) is 15.9. The first-order valence-electron chi connectivity index (χ1n) is 7.56. The van der Waals surface area contributed by atoms with Crippen LogP contribution < -0.4 is 10.1 Å². The highest BCUT2D eigenvalue weighted by atomic mass is 19.4. The number of nitrogens with zero attached hydrogens (tertiary/aromatic N) is 2. The third kappa shape index (κ3) is 3.34. The van der Waals surface area contributed by atoms with Crippen molar-refractivity contribution in [1.82, 2.24) is 14.9 Å². The molecule has 0 saturated heterocycles. The molecule has 23 heavy (non-hydrogen) atoms. The van der Waals surface area contributed by atoms with Crippen LogP contribution in [-0.2, 0) is 19.1 Å². The Bertz CT molecular complexity index is 668. The van der Waals surface area contributed by atoms with Gasteiger partial charge in [-0.25, -0.2) is 4.98 Å². The maximum Gasteiger partial charge on any atom is 0.416 e. The Balaban J connectivity index is 1.74. The van der Waals surface area contributed by atoms with Gasteiger partial charge in [0.1, 0.15) is 12.4 Å². The van der Waals surface area contributed by atoms with Crippen molar-refractivity contribution in [2.75, 3.05) is 13.2 Å². The van der Waals surface area contributed by atoms with Gasteiger partial charge in [-0.2, -0.15) is 13.2 Å². The van der Waals surface area contributed by atoms with Gasteiger partial charge in [-0.1, -0.05) is 13.0 Å². The second kappa shape index (κ2) is 6.23. The van der Waals surface area contributed by atoms with Crippen molar-refractivity contribution in [2.24, 2.45) is 0 Å². The molecule has 2 aromatic rings. The molecule has 1 aromatic carbocycles. The van der Waals surface area contributed by atoms with Gasteiger partial charge in [0.05, 0.1) is 29.3 Å². The smallest absolute Gasteiger partial charge is 0.416 e. The summed E-state index contributed by atoms with van der Waals surface area (Å²) >= 11 is 0. The van der Waals surface area contributed by atoms with Crippen LogP contribution in [0.1, 0.15) is 29.9 Å². The predicted molar refractivity (Wildman–Crippen MR) is 79.3 cm³/mol. The van der Waals surface area contributed by atoms with E-state index in [1.165, 1.54) is 12.1 Å². The summed E-state index contributed by atoms with van der Waals surface area (Å²) in [5.74, 6) is 0.219. The number of ether oxygens (including phenoxy) is 1. The molecule has 0 bridgehead atoms. The van der Waals surface area contributed by atoms with Crippen LogP contribution in [0.2, 0.25) is 0 Å². The number of imidazole rings is 1. The number of hydrogen-bond donors (Lipinski definition) is 1. The lowest BCUT2D eigenvalue weighted by molar-refractivity contribution is -0.137. The fourth-order valence-corrected chi connectivity index (χ4v) is 2.82. The minimum absolute atomic E-state index is 0.0734. The van der Waals surface area contributed by atoms with Gasteiger partial charge in [0.25, 0.3) is 0 Å². The average molecular weight is 325 g/mol. The number of rotatable bonds is 4. The van der Waals surface area contributed by atoms with Crippen LogP contribution in [0.3, 0.4) is 0 Å². The zero-order valence-corrected chi connectivity index (χ0v) is 12.7. The summed E-state index contributed by atoms with van der Waals surface area (Å²) in [5, 5.41) is 3.34. The first-order chi connectivity index (χ1) is 11.0. The van der Waals surface area contributed by atoms with Crippen LogP contribution >= 0.6 is 0 Å². The molecule has 1 unspecified atom stereocenters. The van der Waals surface area contributed by atoms with Crippen LogP contribution in [0, 0.1) is 0 Å². The molecule has 0 fully saturated rings. The highest BCUT2D eigenvalue weighted by Gasteiger charge is 2.31. The Hall–Kier alpha value is -2.02. The molecule has 1 aliphatic rings. The number of nitrogens with one attached hydrogen (secondary N) is 1. The number of fused-ring (bicyclic) bond motifs is 1. The summed E-state index contributed by atoms with van der Waals surface area (Å²) in [6, 6.07) is 4.89. The number of halogens is 3. The van der Waals surface area contributed by atoms with E-state index < -0.39 is 11.7 Å². The van der Waals surface area contributed by atoms with Crippen LogP contribution in [0.5, 0.6) is 5.75 Å². The minimum Gasteiger partial charge on any atom is -0.492 e. The molecule has 3 rings (SSSR count). The summed E-state index contributed by atoms with van der Waals surface area (Å²) in [4.78, 5) is 4.39. The van der Waals surface area contributed by atoms with Crippen molar-refractivity contribution in [3.63, 3.8) is 0 Å². The third-order valence-corrected chi connectivity index (χ3v) is 3.94. The SMILES string of the molecule is CCc1ncn2c1C(COc1cccc(C(F)(F)F)c1)NCC2. The van der Waals surface area contributed by atoms with E-state index in [2.05, 4.69) is 14.9 Å². The summed E-state index contributed by atoms with van der Waals surface area (Å²) in [5.41, 5.74) is 1.35. The third-order valence-electron chi connectivity index (χ3n) is 3.94. The highest BCUT2D eigenvalue weighted by Crippen LogP contribution is 2.31. The largest absolute Gasteiger partial charge is 0.492 e. The lowest BCUT2D eigenvalue weighted by Crippen LogP contribution is -2.36. The summed E-state index contributed by atoms with van der Waals surface area (Å²) in [6.07, 6.45) is -1.74. The van der Waals surface area contributed by atoms with E-state index >= 15 is 0 Å². The normalized spacial score (nSPS) is 17.8. The summed E-state index contributed by atoms with van der Waals surface area (Å²) in [6.45, 7) is 3.91. The van der Waals surface area contributed by atoms with Crippen molar-refractivity contribution in [1.29, 1.82) is 0 Å². The lowest BCUT2D eigenvalue weighted by Gasteiger charge is -2.27. The zero-order valence-electron chi connectivity index (χ0n) is 12.7. The highest BCUT2D eigenvalue weighted by molar-refractivity contribution is 5.30. The van der Waals surface area contributed by atoms with E-state index in [1.54, 1.807) is 0 Å². The van der Waals surface area contributed by atoms with Crippen LogP contribution in [0.4, 0.5) is 13.2 Å². The van der Waals surface area contributed by atoms with Crippen LogP contribution in [-0.4, -0.2) is 22.7 Å². The standard InChI is InChI=1S/C16H18F3N3O/c1-2-13-15-14(20-6-7-22(15)10-21-13)9-23-12-5-3-4-11(8-12)16(17,18)19/h3-5,8,10,14,20H,2,6-7,9H2,1H3. The molecule has 0 saturated carbocycles. The Morgan fingerprint density at radius 3 is 2.96 bits per heavy atom. The summed E-state index contributed by atoms with van der Waals surface area (Å²) < 4.78 is 45.9. The Kier molecular flexibility index (Phi) is 4.30. The quantitative estimate of drug-likeness (QED) is 0.938. The van der Waals surface area contributed by atoms with E-state index in [4.69, 9.17) is 4.74 Å². The zero-order chi connectivity index (χ0) is 16.4. The molecule has 0 amide bonds. The minimum atomic E-state index is -4.36. The van der Waals surface area contributed by atoms with E-state index in [9.17, 15) is 13.2 Å². The van der Waals surface area contributed by atoms with E-state index in [0.29, 0.717) is 0 Å². The second-order valence-corrected chi connectivity index (χ2v) is 5.47. The van der Waals surface area contributed by atoms with Crippen LogP contribution in [0.25, 0.3) is 0 Å². The fraction of sp³-hybridized carbons (Fsp3) is 0.438. The lowest BCUT2D eigenvalue weighted by atomic mass is 10.1. The van der Waals surface area contributed by atoms with Gasteiger partial charge in [-0.3, -0.25) is 0 Å². The predicted octanol–water partition coefficient (Wildman–Crippen LogP) is 3.19. The van der Waals surface area contributed by atoms with E-state index in [-0.39, 0.29) is 18.4 Å². The van der Waals surface area contributed by atoms with Crippen LogP contribution in [0.15, 0.2) is 30.6 Å². The molecular weight excluding hydrogens is 307 g/mol. The number of benzene rings is 1. The molecule has 7 heteroatoms. The van der Waals surface area contributed by atoms with Crippen molar-refractivity contribution < 1.29 is 17.9 Å². The van der Waals surface area contributed by atoms with Gasteiger partial charge in [0, 0.05) is 13.1 Å². The summed E-state index contributed by atoms with van der Waals surface area (Å²) in [7, 11) is 0. The van der Waals surface area contributed by atoms with E-state index in [0.717, 1.165) is 43.0 Å². The Labute approximate surface area is 132 Å². The average Bonchev–Trinajstić information content (AvgIpc) is 2.96. The van der Waals surface area contributed by atoms with Crippen molar-refractivity contribution in [3.05, 3.63) is 47.5 Å². The maximum absolute atomic E-state index is 12.7. The molecule has 1 aliphatic heterocycles. The van der Waals surface area contributed by atoms with Gasteiger partial charge in [0.15, 0.2) is 0 Å². The van der Waals surface area contributed by atoms with Gasteiger partial charge in [-0.15, -0.1) is 0 Å². The number of alkyl halides is 3. The van der Waals surface area contributed by atoms with Gasteiger partial charge >= 0.3 is 6.18 Å². The fourth-order valence-electron chi connectivity index (χ4n) is 2.82. The molecule has 2 heterocycles. The molecule has 4 nitrogen and oxygen atoms in total. The number of aromatic nitrogens is 2. The van der Waals surface area contributed by atoms with E-state index in [1.807, 2.05) is 13.3 Å². The monoisotopic (exact) mass is 325 g/mol. The molecule has 1 N–H and O–H groups in total. The van der Waals surface area contributed by atoms with Gasteiger partial charge < -0.3 is 14.6 Å². The maximum atomic E-state index is 12.7. The Morgan fingerprint density at radius 2 is 2.22 bits per heavy atom. The Morgan fingerprint density at radius 1 is 1.39 bits per heavy atom.